The van der Waals surface area contributed by atoms with Crippen molar-refractivity contribution in [2.75, 3.05) is 0 Å². The van der Waals surface area contributed by atoms with Crippen LogP contribution in [-0.2, 0) is 16.6 Å². The zero-order valence-electron chi connectivity index (χ0n) is 12.0. The normalized spacial score (nSPS) is 27.4. The number of aryl methyl sites for hydroxylation is 1. The van der Waals surface area contributed by atoms with E-state index in [1.165, 1.54) is 16.7 Å². The van der Waals surface area contributed by atoms with Gasteiger partial charge in [-0.3, -0.25) is 4.79 Å². The van der Waals surface area contributed by atoms with Crippen molar-refractivity contribution in [1.82, 2.24) is 5.32 Å². The number of carbonyl (C=O) groups excluding carboxylic acids is 1. The van der Waals surface area contributed by atoms with E-state index >= 15 is 0 Å². The SMILES string of the molecule is O=C1CC2(CCCc3ccccc32)C(c2ccccc2)N1. The van der Waals surface area contributed by atoms with Gasteiger partial charge < -0.3 is 5.32 Å². The predicted octanol–water partition coefficient (Wildman–Crippen LogP) is 3.52. The number of carbonyl (C=O) groups is 1. The van der Waals surface area contributed by atoms with Crippen molar-refractivity contribution in [3.05, 3.63) is 71.3 Å². The Balaban J connectivity index is 1.88. The van der Waals surface area contributed by atoms with E-state index in [-0.39, 0.29) is 17.4 Å². The van der Waals surface area contributed by atoms with Gasteiger partial charge in [-0.25, -0.2) is 0 Å². The van der Waals surface area contributed by atoms with E-state index in [4.69, 9.17) is 0 Å². The summed E-state index contributed by atoms with van der Waals surface area (Å²) in [6.07, 6.45) is 3.99. The first-order valence-corrected chi connectivity index (χ1v) is 7.72. The van der Waals surface area contributed by atoms with Crippen LogP contribution in [0, 0.1) is 0 Å². The quantitative estimate of drug-likeness (QED) is 0.849. The van der Waals surface area contributed by atoms with E-state index in [1.54, 1.807) is 0 Å². The van der Waals surface area contributed by atoms with Crippen molar-refractivity contribution in [3.63, 3.8) is 0 Å². The minimum absolute atomic E-state index is 0.0622. The molecule has 21 heavy (non-hydrogen) atoms. The van der Waals surface area contributed by atoms with Crippen LogP contribution in [0.15, 0.2) is 54.6 Å². The summed E-state index contributed by atoms with van der Waals surface area (Å²) in [6.45, 7) is 0. The molecule has 106 valence electrons. The molecule has 1 amide bonds. The molecule has 1 fully saturated rings. The second-order valence-corrected chi connectivity index (χ2v) is 6.25. The Hall–Kier alpha value is -2.09. The summed E-state index contributed by atoms with van der Waals surface area (Å²) < 4.78 is 0. The molecule has 1 saturated heterocycles. The van der Waals surface area contributed by atoms with E-state index < -0.39 is 0 Å². The minimum Gasteiger partial charge on any atom is -0.348 e. The molecule has 1 N–H and O–H groups in total. The molecule has 1 aliphatic heterocycles. The monoisotopic (exact) mass is 277 g/mol. The summed E-state index contributed by atoms with van der Waals surface area (Å²) >= 11 is 0. The Morgan fingerprint density at radius 1 is 1.00 bits per heavy atom. The molecule has 0 saturated carbocycles. The largest absolute Gasteiger partial charge is 0.348 e. The smallest absolute Gasteiger partial charge is 0.221 e. The van der Waals surface area contributed by atoms with Crippen molar-refractivity contribution in [2.45, 2.75) is 37.1 Å². The first-order chi connectivity index (χ1) is 10.3. The lowest BCUT2D eigenvalue weighted by molar-refractivity contribution is -0.119. The van der Waals surface area contributed by atoms with Crippen LogP contribution in [0.4, 0.5) is 0 Å². The molecule has 2 heteroatoms. The number of hydrogen-bond donors (Lipinski definition) is 1. The highest BCUT2D eigenvalue weighted by Crippen LogP contribution is 2.51. The Morgan fingerprint density at radius 2 is 1.76 bits per heavy atom. The van der Waals surface area contributed by atoms with E-state index in [0.29, 0.717) is 6.42 Å². The van der Waals surface area contributed by atoms with Crippen LogP contribution in [0.3, 0.4) is 0 Å². The Kier molecular flexibility index (Phi) is 2.85. The molecule has 4 rings (SSSR count). The molecule has 2 nitrogen and oxygen atoms in total. The van der Waals surface area contributed by atoms with Crippen LogP contribution in [0.1, 0.15) is 42.0 Å². The maximum absolute atomic E-state index is 12.2. The molecule has 1 heterocycles. The van der Waals surface area contributed by atoms with Crippen molar-refractivity contribution >= 4 is 5.91 Å². The lowest BCUT2D eigenvalue weighted by Crippen LogP contribution is -2.36. The van der Waals surface area contributed by atoms with Gasteiger partial charge in [0, 0.05) is 11.8 Å². The Morgan fingerprint density at radius 3 is 2.62 bits per heavy atom. The van der Waals surface area contributed by atoms with Gasteiger partial charge in [-0.15, -0.1) is 0 Å². The fourth-order valence-corrected chi connectivity index (χ4v) is 4.22. The molecule has 2 aliphatic rings. The van der Waals surface area contributed by atoms with Crippen LogP contribution in [-0.4, -0.2) is 5.91 Å². The molecular formula is C19H19NO. The number of rotatable bonds is 1. The molecular weight excluding hydrogens is 258 g/mol. The Labute approximate surface area is 125 Å². The van der Waals surface area contributed by atoms with Gasteiger partial charge in [0.1, 0.15) is 0 Å². The zero-order valence-corrected chi connectivity index (χ0v) is 12.0. The van der Waals surface area contributed by atoms with Crippen molar-refractivity contribution in [1.29, 1.82) is 0 Å². The second kappa shape index (κ2) is 4.73. The fraction of sp³-hybridized carbons (Fsp3) is 0.316. The summed E-state index contributed by atoms with van der Waals surface area (Å²) in [5, 5.41) is 3.23. The molecule has 2 atom stereocenters. The lowest BCUT2D eigenvalue weighted by atomic mass is 9.64. The van der Waals surface area contributed by atoms with Gasteiger partial charge in [0.05, 0.1) is 6.04 Å². The molecule has 2 unspecified atom stereocenters. The molecule has 1 aliphatic carbocycles. The van der Waals surface area contributed by atoms with Gasteiger partial charge in [0.25, 0.3) is 0 Å². The summed E-state index contributed by atoms with van der Waals surface area (Å²) in [7, 11) is 0. The topological polar surface area (TPSA) is 29.1 Å². The number of amides is 1. The third-order valence-electron chi connectivity index (χ3n) is 5.09. The molecule has 1 spiro atoms. The molecule has 2 aromatic rings. The molecule has 0 aromatic heterocycles. The standard InChI is InChI=1S/C19H19NO/c21-17-13-19(18(20-17)15-8-2-1-3-9-15)12-6-10-14-7-4-5-11-16(14)19/h1-5,7-9,11,18H,6,10,12-13H2,(H,20,21). The van der Waals surface area contributed by atoms with Crippen LogP contribution in [0.2, 0.25) is 0 Å². The summed E-state index contributed by atoms with van der Waals surface area (Å²) in [5.74, 6) is 0.181. The predicted molar refractivity (Wildman–Crippen MR) is 83.0 cm³/mol. The van der Waals surface area contributed by atoms with E-state index in [1.807, 2.05) is 6.07 Å². The highest BCUT2D eigenvalue weighted by Gasteiger charge is 2.50. The second-order valence-electron chi connectivity index (χ2n) is 6.25. The minimum atomic E-state index is -0.0622. The third-order valence-corrected chi connectivity index (χ3v) is 5.09. The van der Waals surface area contributed by atoms with Crippen LogP contribution in [0.25, 0.3) is 0 Å². The molecule has 0 radical (unpaired) electrons. The van der Waals surface area contributed by atoms with Gasteiger partial charge >= 0.3 is 0 Å². The third kappa shape index (κ3) is 1.90. The summed E-state index contributed by atoms with van der Waals surface area (Å²) in [5.41, 5.74) is 3.96. The fourth-order valence-electron chi connectivity index (χ4n) is 4.22. The van der Waals surface area contributed by atoms with Crippen LogP contribution >= 0.6 is 0 Å². The van der Waals surface area contributed by atoms with E-state index in [2.05, 4.69) is 53.8 Å². The van der Waals surface area contributed by atoms with Crippen LogP contribution in [0.5, 0.6) is 0 Å². The first-order valence-electron chi connectivity index (χ1n) is 7.72. The highest BCUT2D eigenvalue weighted by atomic mass is 16.2. The van der Waals surface area contributed by atoms with E-state index in [0.717, 1.165) is 19.3 Å². The maximum Gasteiger partial charge on any atom is 0.221 e. The van der Waals surface area contributed by atoms with Crippen molar-refractivity contribution in [2.24, 2.45) is 0 Å². The van der Waals surface area contributed by atoms with Gasteiger partial charge in [0.15, 0.2) is 0 Å². The molecule has 0 bridgehead atoms. The molecule has 2 aromatic carbocycles. The van der Waals surface area contributed by atoms with Gasteiger partial charge in [-0.2, -0.15) is 0 Å². The van der Waals surface area contributed by atoms with Gasteiger partial charge in [-0.05, 0) is 36.0 Å². The van der Waals surface area contributed by atoms with Crippen LogP contribution < -0.4 is 5.32 Å². The van der Waals surface area contributed by atoms with Gasteiger partial charge in [-0.1, -0.05) is 54.6 Å². The zero-order chi connectivity index (χ0) is 14.3. The van der Waals surface area contributed by atoms with Gasteiger partial charge in [0.2, 0.25) is 5.91 Å². The number of fused-ring (bicyclic) bond motifs is 2. The average molecular weight is 277 g/mol. The summed E-state index contributed by atoms with van der Waals surface area (Å²) in [4.78, 5) is 12.2. The maximum atomic E-state index is 12.2. The van der Waals surface area contributed by atoms with Crippen molar-refractivity contribution < 1.29 is 4.79 Å². The Bertz CT molecular complexity index is 679. The number of hydrogen-bond acceptors (Lipinski definition) is 1. The van der Waals surface area contributed by atoms with Crippen molar-refractivity contribution in [3.8, 4) is 0 Å². The average Bonchev–Trinajstić information content (AvgIpc) is 2.86. The number of nitrogens with one attached hydrogen (secondary N) is 1. The first kappa shape index (κ1) is 12.6. The summed E-state index contributed by atoms with van der Waals surface area (Å²) in [6, 6.07) is 19.2. The highest BCUT2D eigenvalue weighted by molar-refractivity contribution is 5.82. The van der Waals surface area contributed by atoms with E-state index in [9.17, 15) is 4.79 Å². The number of benzene rings is 2. The lowest BCUT2D eigenvalue weighted by Gasteiger charge is -2.39.